The number of primary amides is 1. The average molecular weight is 245 g/mol. The van der Waals surface area contributed by atoms with Crippen LogP contribution in [0.25, 0.3) is 0 Å². The molecule has 0 aromatic heterocycles. The SMILES string of the molecule is NC(=O)NS(=O)(=O)c1cccc([N+](=O)[O-])c1. The van der Waals surface area contributed by atoms with Crippen LogP contribution in [0.4, 0.5) is 10.5 Å². The van der Waals surface area contributed by atoms with Crippen LogP contribution >= 0.6 is 0 Å². The summed E-state index contributed by atoms with van der Waals surface area (Å²) in [5.74, 6) is 0. The van der Waals surface area contributed by atoms with Crippen LogP contribution in [0.3, 0.4) is 0 Å². The summed E-state index contributed by atoms with van der Waals surface area (Å²) in [5, 5.41) is 10.4. The topological polar surface area (TPSA) is 132 Å². The first-order valence-electron chi connectivity index (χ1n) is 3.89. The fourth-order valence-electron chi connectivity index (χ4n) is 0.956. The number of carbonyl (C=O) groups excluding carboxylic acids is 1. The van der Waals surface area contributed by atoms with E-state index in [2.05, 4.69) is 5.73 Å². The highest BCUT2D eigenvalue weighted by atomic mass is 32.2. The summed E-state index contributed by atoms with van der Waals surface area (Å²) in [6.45, 7) is 0. The first kappa shape index (κ1) is 11.9. The number of non-ortho nitro benzene ring substituents is 1. The molecule has 0 saturated heterocycles. The van der Waals surface area contributed by atoms with Crippen molar-refractivity contribution in [2.24, 2.45) is 5.73 Å². The van der Waals surface area contributed by atoms with E-state index in [-0.39, 0.29) is 0 Å². The molecule has 0 aliphatic carbocycles. The lowest BCUT2D eigenvalue weighted by atomic mass is 10.3. The van der Waals surface area contributed by atoms with Crippen molar-refractivity contribution in [2.45, 2.75) is 4.90 Å². The second-order valence-corrected chi connectivity index (χ2v) is 4.41. The molecule has 0 bridgehead atoms. The Labute approximate surface area is 90.3 Å². The first-order valence-corrected chi connectivity index (χ1v) is 5.38. The van der Waals surface area contributed by atoms with Crippen molar-refractivity contribution >= 4 is 21.7 Å². The summed E-state index contributed by atoms with van der Waals surface area (Å²) >= 11 is 0. The number of nitrogens with zero attached hydrogens (tertiary/aromatic N) is 1. The van der Waals surface area contributed by atoms with Crippen LogP contribution in [-0.2, 0) is 10.0 Å². The third-order valence-electron chi connectivity index (χ3n) is 1.57. The van der Waals surface area contributed by atoms with Crippen molar-refractivity contribution in [2.75, 3.05) is 0 Å². The summed E-state index contributed by atoms with van der Waals surface area (Å²) < 4.78 is 24.3. The fraction of sp³-hybridized carbons (Fsp3) is 0. The van der Waals surface area contributed by atoms with Gasteiger partial charge >= 0.3 is 6.03 Å². The standard InChI is InChI=1S/C7H7N3O5S/c8-7(11)9-16(14,15)6-3-1-2-5(4-6)10(12)13/h1-4H,(H3,8,9,11). The Bertz CT molecular complexity index is 539. The lowest BCUT2D eigenvalue weighted by Crippen LogP contribution is -2.34. The van der Waals surface area contributed by atoms with E-state index < -0.39 is 31.6 Å². The predicted octanol–water partition coefficient (Wildman–Crippen LogP) is -0.0482. The largest absolute Gasteiger partial charge is 0.351 e. The Morgan fingerprint density at radius 1 is 1.44 bits per heavy atom. The van der Waals surface area contributed by atoms with Gasteiger partial charge in [-0.2, -0.15) is 0 Å². The van der Waals surface area contributed by atoms with Crippen LogP contribution in [0.2, 0.25) is 0 Å². The van der Waals surface area contributed by atoms with E-state index in [0.717, 1.165) is 18.2 Å². The molecule has 1 aromatic rings. The maximum Gasteiger partial charge on any atom is 0.326 e. The molecule has 0 saturated carbocycles. The van der Waals surface area contributed by atoms with Gasteiger partial charge in [-0.3, -0.25) is 10.1 Å². The van der Waals surface area contributed by atoms with Crippen molar-refractivity contribution in [3.8, 4) is 0 Å². The minimum absolute atomic E-state index is 0.396. The molecular weight excluding hydrogens is 238 g/mol. The zero-order chi connectivity index (χ0) is 12.3. The second-order valence-electron chi connectivity index (χ2n) is 2.72. The van der Waals surface area contributed by atoms with Crippen LogP contribution in [-0.4, -0.2) is 19.4 Å². The minimum Gasteiger partial charge on any atom is -0.351 e. The maximum absolute atomic E-state index is 11.4. The number of sulfonamides is 1. The van der Waals surface area contributed by atoms with Gasteiger partial charge in [0.05, 0.1) is 9.82 Å². The summed E-state index contributed by atoms with van der Waals surface area (Å²) in [4.78, 5) is 19.7. The molecule has 8 nitrogen and oxygen atoms in total. The minimum atomic E-state index is -4.14. The molecule has 3 N–H and O–H groups in total. The fourth-order valence-corrected chi connectivity index (χ4v) is 1.87. The van der Waals surface area contributed by atoms with Crippen LogP contribution in [0.1, 0.15) is 0 Å². The van der Waals surface area contributed by atoms with Gasteiger partial charge in [-0.15, -0.1) is 0 Å². The molecular formula is C7H7N3O5S. The molecule has 86 valence electrons. The molecule has 1 rings (SSSR count). The number of nitrogens with one attached hydrogen (secondary N) is 1. The summed E-state index contributed by atoms with van der Waals surface area (Å²) in [6.07, 6.45) is 0. The molecule has 0 unspecified atom stereocenters. The normalized spacial score (nSPS) is 10.8. The van der Waals surface area contributed by atoms with Gasteiger partial charge in [0.25, 0.3) is 15.7 Å². The molecule has 0 aliphatic heterocycles. The van der Waals surface area contributed by atoms with Crippen LogP contribution in [0.15, 0.2) is 29.2 Å². The van der Waals surface area contributed by atoms with Gasteiger partial charge in [-0.1, -0.05) is 6.07 Å². The third-order valence-corrected chi connectivity index (χ3v) is 2.92. The number of hydrogen-bond donors (Lipinski definition) is 2. The number of carbonyl (C=O) groups is 1. The van der Waals surface area contributed by atoms with Gasteiger partial charge in [0.15, 0.2) is 0 Å². The van der Waals surface area contributed by atoms with Gasteiger partial charge in [-0.25, -0.2) is 17.9 Å². The smallest absolute Gasteiger partial charge is 0.326 e. The van der Waals surface area contributed by atoms with Crippen molar-refractivity contribution in [3.63, 3.8) is 0 Å². The summed E-state index contributed by atoms with van der Waals surface area (Å²) in [6, 6.07) is 2.99. The Morgan fingerprint density at radius 3 is 2.56 bits per heavy atom. The van der Waals surface area contributed by atoms with Gasteiger partial charge in [-0.05, 0) is 6.07 Å². The van der Waals surface area contributed by atoms with Crippen molar-refractivity contribution in [3.05, 3.63) is 34.4 Å². The van der Waals surface area contributed by atoms with E-state index >= 15 is 0 Å². The number of nitro benzene ring substituents is 1. The highest BCUT2D eigenvalue weighted by molar-refractivity contribution is 7.90. The number of nitrogens with two attached hydrogens (primary N) is 1. The molecule has 9 heteroatoms. The zero-order valence-corrected chi connectivity index (χ0v) is 8.60. The summed E-state index contributed by atoms with van der Waals surface area (Å²) in [7, 11) is -4.14. The summed E-state index contributed by atoms with van der Waals surface area (Å²) in [5.41, 5.74) is 4.25. The number of hydrogen-bond acceptors (Lipinski definition) is 5. The van der Waals surface area contributed by atoms with Gasteiger partial charge in [0.1, 0.15) is 0 Å². The molecule has 0 spiro atoms. The van der Waals surface area contributed by atoms with E-state index in [1.807, 2.05) is 0 Å². The molecule has 0 fully saturated rings. The van der Waals surface area contributed by atoms with Crippen molar-refractivity contribution < 1.29 is 18.1 Å². The van der Waals surface area contributed by atoms with Crippen molar-refractivity contribution in [1.82, 2.24) is 4.72 Å². The highest BCUT2D eigenvalue weighted by Crippen LogP contribution is 2.16. The van der Waals surface area contributed by atoms with Gasteiger partial charge in [0, 0.05) is 12.1 Å². The third kappa shape index (κ3) is 2.67. The molecule has 2 amide bonds. The molecule has 0 radical (unpaired) electrons. The molecule has 16 heavy (non-hydrogen) atoms. The van der Waals surface area contributed by atoms with E-state index in [1.54, 1.807) is 0 Å². The molecule has 0 atom stereocenters. The van der Waals surface area contributed by atoms with E-state index in [0.29, 0.717) is 0 Å². The second kappa shape index (κ2) is 4.14. The zero-order valence-electron chi connectivity index (χ0n) is 7.78. The Kier molecular flexibility index (Phi) is 3.09. The number of rotatable bonds is 3. The quantitative estimate of drug-likeness (QED) is 0.569. The van der Waals surface area contributed by atoms with E-state index in [4.69, 9.17) is 0 Å². The molecule has 0 heterocycles. The lowest BCUT2D eigenvalue weighted by Gasteiger charge is -2.03. The molecule has 1 aromatic carbocycles. The van der Waals surface area contributed by atoms with E-state index in [9.17, 15) is 23.3 Å². The Hall–Kier alpha value is -2.16. The van der Waals surface area contributed by atoms with Crippen LogP contribution in [0.5, 0.6) is 0 Å². The Balaban J connectivity index is 3.19. The number of benzene rings is 1. The van der Waals surface area contributed by atoms with Gasteiger partial charge < -0.3 is 5.73 Å². The Morgan fingerprint density at radius 2 is 2.06 bits per heavy atom. The van der Waals surface area contributed by atoms with E-state index in [1.165, 1.54) is 10.8 Å². The first-order chi connectivity index (χ1) is 7.33. The van der Waals surface area contributed by atoms with Crippen molar-refractivity contribution in [1.29, 1.82) is 0 Å². The molecule has 0 aliphatic rings. The number of urea groups is 1. The van der Waals surface area contributed by atoms with Crippen LogP contribution in [0, 0.1) is 10.1 Å². The van der Waals surface area contributed by atoms with Gasteiger partial charge in [0.2, 0.25) is 0 Å². The average Bonchev–Trinajstić information content (AvgIpc) is 2.16. The lowest BCUT2D eigenvalue weighted by molar-refractivity contribution is -0.385. The predicted molar refractivity (Wildman–Crippen MR) is 53.0 cm³/mol. The van der Waals surface area contributed by atoms with Crippen LogP contribution < -0.4 is 10.5 Å². The maximum atomic E-state index is 11.4. The number of nitro groups is 1. The number of amides is 2. The monoisotopic (exact) mass is 245 g/mol. The highest BCUT2D eigenvalue weighted by Gasteiger charge is 2.18.